The predicted octanol–water partition coefficient (Wildman–Crippen LogP) is 0.345. The highest BCUT2D eigenvalue weighted by Crippen LogP contribution is 2.60. The highest BCUT2D eigenvalue weighted by atomic mass is 32.2. The summed E-state index contributed by atoms with van der Waals surface area (Å²) in [6, 6.07) is -1.69. The number of nitrogens with zero attached hydrogens (tertiary/aromatic N) is 4. The summed E-state index contributed by atoms with van der Waals surface area (Å²) in [6.07, 6.45) is -0.763. The average molecular weight is 625 g/mol. The third-order valence-electron chi connectivity index (χ3n) is 7.09. The number of urea groups is 1. The molecule has 0 radical (unpaired) electrons. The Kier molecular flexibility index (Phi) is 7.23. The number of amides is 5. The van der Waals surface area contributed by atoms with Gasteiger partial charge in [0.15, 0.2) is 5.13 Å². The van der Waals surface area contributed by atoms with Gasteiger partial charge in [-0.2, -0.15) is 5.01 Å². The summed E-state index contributed by atoms with van der Waals surface area (Å²) >= 11 is 2.11. The molecule has 4 aliphatic rings. The molecule has 226 valence electrons. The SMILES string of the molecule is CC(=O)OCC1=C(C(=O)O)[N+]2(N3CCN(C)C3=O)C(=O)C3NC(=O)CNC1(c1csc(NC(=O)OC(C)(C)C)n1)S[C@@H]32. The highest BCUT2D eigenvalue weighted by Gasteiger charge is 2.79. The van der Waals surface area contributed by atoms with Crippen LogP contribution in [0.15, 0.2) is 16.7 Å². The molecule has 3 saturated heterocycles. The number of esters is 1. The molecule has 18 heteroatoms. The van der Waals surface area contributed by atoms with Crippen LogP contribution in [-0.2, 0) is 33.5 Å². The van der Waals surface area contributed by atoms with Gasteiger partial charge in [-0.3, -0.25) is 20.2 Å². The summed E-state index contributed by atoms with van der Waals surface area (Å²) in [5, 5.41) is 20.8. The lowest BCUT2D eigenvalue weighted by atomic mass is 9.93. The van der Waals surface area contributed by atoms with Crippen molar-refractivity contribution >= 4 is 64.1 Å². The second kappa shape index (κ2) is 10.2. The number of hydrogen-bond donors (Lipinski definition) is 4. The van der Waals surface area contributed by atoms with Crippen LogP contribution in [0.4, 0.5) is 14.7 Å². The van der Waals surface area contributed by atoms with Gasteiger partial charge in [0.1, 0.15) is 17.1 Å². The first-order valence-corrected chi connectivity index (χ1v) is 14.6. The summed E-state index contributed by atoms with van der Waals surface area (Å²) in [4.78, 5) is 81.9. The summed E-state index contributed by atoms with van der Waals surface area (Å²) in [7, 11) is 1.53. The summed E-state index contributed by atoms with van der Waals surface area (Å²) in [5.41, 5.74) is -1.14. The molecule has 3 unspecified atom stereocenters. The number of thiazole rings is 1. The lowest BCUT2D eigenvalue weighted by Gasteiger charge is -2.60. The van der Waals surface area contributed by atoms with Crippen molar-refractivity contribution in [3.63, 3.8) is 0 Å². The number of carbonyl (C=O) groups excluding carboxylic acids is 5. The van der Waals surface area contributed by atoms with E-state index >= 15 is 0 Å². The maximum Gasteiger partial charge on any atom is 0.413 e. The number of nitrogens with one attached hydrogen (secondary N) is 3. The van der Waals surface area contributed by atoms with E-state index in [9.17, 15) is 33.9 Å². The lowest BCUT2D eigenvalue weighted by molar-refractivity contribution is -0.953. The van der Waals surface area contributed by atoms with Crippen LogP contribution in [0.1, 0.15) is 33.4 Å². The second-order valence-electron chi connectivity index (χ2n) is 11.0. The molecule has 1 aromatic rings. The van der Waals surface area contributed by atoms with Gasteiger partial charge >= 0.3 is 30.0 Å². The zero-order valence-corrected chi connectivity index (χ0v) is 25.0. The number of hydrogen-bond acceptors (Lipinski definition) is 12. The van der Waals surface area contributed by atoms with Crippen molar-refractivity contribution in [2.45, 2.75) is 49.6 Å². The van der Waals surface area contributed by atoms with Crippen LogP contribution >= 0.6 is 23.1 Å². The van der Waals surface area contributed by atoms with Crippen LogP contribution in [0.5, 0.6) is 0 Å². The molecule has 5 amide bonds. The molecule has 16 nitrogen and oxygen atoms in total. The van der Waals surface area contributed by atoms with E-state index in [1.807, 2.05) is 0 Å². The molecule has 42 heavy (non-hydrogen) atoms. The number of carboxylic acid groups (broad SMARTS) is 1. The molecule has 0 saturated carbocycles. The number of carbonyl (C=O) groups is 6. The van der Waals surface area contributed by atoms with E-state index in [-0.39, 0.29) is 36.0 Å². The van der Waals surface area contributed by atoms with E-state index in [1.165, 1.54) is 17.0 Å². The van der Waals surface area contributed by atoms with Crippen molar-refractivity contribution in [2.75, 3.05) is 38.6 Å². The number of rotatable bonds is 6. The number of quaternary nitrogens is 1. The van der Waals surface area contributed by atoms with Crippen LogP contribution in [0.2, 0.25) is 0 Å². The smallest absolute Gasteiger partial charge is 0.413 e. The van der Waals surface area contributed by atoms with Crippen molar-refractivity contribution in [1.29, 1.82) is 0 Å². The molecule has 5 heterocycles. The fraction of sp³-hybridized carbons (Fsp3) is 0.542. The number of ether oxygens (including phenoxy) is 2. The lowest BCUT2D eigenvalue weighted by Crippen LogP contribution is -2.88. The quantitative estimate of drug-likeness (QED) is 0.193. The molecule has 0 spiro atoms. The highest BCUT2D eigenvalue weighted by molar-refractivity contribution is 8.01. The Labute approximate surface area is 247 Å². The normalized spacial score (nSPS) is 28.9. The van der Waals surface area contributed by atoms with Crippen LogP contribution in [0.3, 0.4) is 0 Å². The monoisotopic (exact) mass is 624 g/mol. The first kappa shape index (κ1) is 29.7. The number of anilines is 1. The van der Waals surface area contributed by atoms with Crippen molar-refractivity contribution in [3.05, 3.63) is 22.3 Å². The van der Waals surface area contributed by atoms with E-state index in [0.717, 1.165) is 30.0 Å². The molecule has 4 N–H and O–H groups in total. The van der Waals surface area contributed by atoms with E-state index in [4.69, 9.17) is 9.47 Å². The maximum absolute atomic E-state index is 13.9. The summed E-state index contributed by atoms with van der Waals surface area (Å²) in [5.74, 6) is -3.49. The number of fused-ring (bicyclic) bond motifs is 1. The molecule has 0 aromatic carbocycles. The van der Waals surface area contributed by atoms with Gasteiger partial charge in [0.25, 0.3) is 5.70 Å². The Morgan fingerprint density at radius 3 is 2.57 bits per heavy atom. The van der Waals surface area contributed by atoms with Gasteiger partial charge in [0, 0.05) is 25.9 Å². The molecule has 4 aliphatic heterocycles. The van der Waals surface area contributed by atoms with Crippen LogP contribution < -0.4 is 16.0 Å². The Bertz CT molecular complexity index is 1440. The third-order valence-corrected chi connectivity index (χ3v) is 9.62. The molecule has 5 rings (SSSR count). The fourth-order valence-corrected chi connectivity index (χ4v) is 8.08. The minimum absolute atomic E-state index is 0.0392. The molecule has 1 aromatic heterocycles. The number of carboxylic acids is 1. The van der Waals surface area contributed by atoms with Gasteiger partial charge in [-0.15, -0.1) is 11.3 Å². The Morgan fingerprint density at radius 1 is 1.26 bits per heavy atom. The van der Waals surface area contributed by atoms with Crippen molar-refractivity contribution < 1.29 is 47.9 Å². The fourth-order valence-electron chi connectivity index (χ4n) is 5.42. The van der Waals surface area contributed by atoms with E-state index in [2.05, 4.69) is 20.9 Å². The first-order valence-electron chi connectivity index (χ1n) is 12.9. The minimum atomic E-state index is -1.61. The Morgan fingerprint density at radius 2 is 1.98 bits per heavy atom. The predicted molar refractivity (Wildman–Crippen MR) is 146 cm³/mol. The largest absolute Gasteiger partial charge is 0.474 e. The number of likely N-dealkylation sites (N-methyl/N-ethyl adjacent to an activating group) is 1. The number of thioether (sulfide) groups is 1. The average Bonchev–Trinajstić information content (AvgIpc) is 3.48. The second-order valence-corrected chi connectivity index (χ2v) is 13.2. The zero-order chi connectivity index (χ0) is 30.8. The number of aromatic nitrogens is 1. The molecule has 3 fully saturated rings. The first-order chi connectivity index (χ1) is 19.6. The van der Waals surface area contributed by atoms with Crippen LogP contribution in [-0.4, -0.2) is 111 Å². The van der Waals surface area contributed by atoms with E-state index in [1.54, 1.807) is 26.2 Å². The van der Waals surface area contributed by atoms with Crippen molar-refractivity contribution in [3.8, 4) is 0 Å². The standard InChI is InChI=1S/C24H29N7O9S2/c1-11(32)39-9-12-16(19(35)36)31(30-7-6-29(5)22(30)38)17(34)15-18(31)42-24(12,25-8-14(33)27-15)13-10-41-20(26-13)28-21(37)40-23(2,3)4/h10,15,18,25H,6-9H2,1-5H3,(H2-,26,27,28,33,35,36,37)/p+1/t15?,18-,24?,31?/m0/s1. The summed E-state index contributed by atoms with van der Waals surface area (Å²) in [6.45, 7) is 5.58. The maximum atomic E-state index is 13.9. The minimum Gasteiger partial charge on any atom is -0.474 e. The molecule has 4 atom stereocenters. The van der Waals surface area contributed by atoms with Gasteiger partial charge in [0.2, 0.25) is 17.3 Å². The van der Waals surface area contributed by atoms with Gasteiger partial charge in [0.05, 0.1) is 24.4 Å². The Balaban J connectivity index is 1.71. The zero-order valence-electron chi connectivity index (χ0n) is 23.4. The topological polar surface area (TPSA) is 197 Å². The molecule has 0 aliphatic carbocycles. The van der Waals surface area contributed by atoms with E-state index < -0.39 is 74.7 Å². The number of β-lactam (4-membered cyclic amide) rings is 1. The van der Waals surface area contributed by atoms with Crippen molar-refractivity contribution in [1.82, 2.24) is 25.5 Å². The van der Waals surface area contributed by atoms with Gasteiger partial charge in [-0.1, -0.05) is 16.4 Å². The number of aliphatic carboxylic acids is 1. The van der Waals surface area contributed by atoms with Gasteiger partial charge in [-0.25, -0.2) is 24.2 Å². The van der Waals surface area contributed by atoms with Crippen LogP contribution in [0, 0.1) is 0 Å². The van der Waals surface area contributed by atoms with Gasteiger partial charge in [-0.05, 0) is 20.8 Å². The molecular formula is C24H30N7O9S2+. The van der Waals surface area contributed by atoms with E-state index in [0.29, 0.717) is 0 Å². The molecular weight excluding hydrogens is 594 g/mol. The van der Waals surface area contributed by atoms with Crippen molar-refractivity contribution in [2.24, 2.45) is 0 Å². The summed E-state index contributed by atoms with van der Waals surface area (Å²) < 4.78 is 9.62. The van der Waals surface area contributed by atoms with Crippen LogP contribution in [0.25, 0.3) is 0 Å². The third kappa shape index (κ3) is 4.58. The molecule has 2 bridgehead atoms. The van der Waals surface area contributed by atoms with Gasteiger partial charge < -0.3 is 24.8 Å². The Hall–Kier alpha value is -3.74.